The Labute approximate surface area is 109 Å². The highest BCUT2D eigenvalue weighted by Crippen LogP contribution is 2.23. The highest BCUT2D eigenvalue weighted by Gasteiger charge is 2.21. The molecule has 0 spiro atoms. The lowest BCUT2D eigenvalue weighted by molar-refractivity contribution is 0.0601. The third-order valence-electron chi connectivity index (χ3n) is 2.78. The summed E-state index contributed by atoms with van der Waals surface area (Å²) in [5.41, 5.74) is 1.56. The average molecular weight is 299 g/mol. The summed E-state index contributed by atoms with van der Waals surface area (Å²) in [5.74, 6) is -0.287. The van der Waals surface area contributed by atoms with Gasteiger partial charge in [-0.15, -0.1) is 0 Å². The van der Waals surface area contributed by atoms with Crippen molar-refractivity contribution in [2.24, 2.45) is 0 Å². The molecule has 1 aromatic carbocycles. The van der Waals surface area contributed by atoms with Gasteiger partial charge < -0.3 is 15.0 Å². The summed E-state index contributed by atoms with van der Waals surface area (Å²) in [7, 11) is 1.41. The smallest absolute Gasteiger partial charge is 0.339 e. The number of carbonyl (C=O) groups is 1. The van der Waals surface area contributed by atoms with Crippen LogP contribution in [0.2, 0.25) is 0 Å². The van der Waals surface area contributed by atoms with Crippen LogP contribution < -0.4 is 10.2 Å². The van der Waals surface area contributed by atoms with Crippen LogP contribution in [0, 0.1) is 0 Å². The lowest BCUT2D eigenvalue weighted by Crippen LogP contribution is -2.48. The highest BCUT2D eigenvalue weighted by molar-refractivity contribution is 9.09. The molecule has 1 aliphatic heterocycles. The molecule has 92 valence electrons. The first-order chi connectivity index (χ1) is 8.22. The summed E-state index contributed by atoms with van der Waals surface area (Å²) in [6.45, 7) is 2.61. The molecule has 0 aromatic heterocycles. The number of para-hydroxylation sites is 1. The van der Waals surface area contributed by atoms with E-state index in [1.54, 1.807) is 6.07 Å². The number of anilines is 1. The SMILES string of the molecule is COC(=O)c1ccccc1N1CCNC(Br)C1. The number of piperazine rings is 1. The van der Waals surface area contributed by atoms with E-state index in [4.69, 9.17) is 4.74 Å². The number of hydrogen-bond acceptors (Lipinski definition) is 4. The summed E-state index contributed by atoms with van der Waals surface area (Å²) >= 11 is 3.54. The second-order valence-corrected chi connectivity index (χ2v) is 4.98. The summed E-state index contributed by atoms with van der Waals surface area (Å²) < 4.78 is 4.80. The van der Waals surface area contributed by atoms with Gasteiger partial charge >= 0.3 is 5.97 Å². The molecule has 0 aliphatic carbocycles. The van der Waals surface area contributed by atoms with Crippen molar-refractivity contribution in [1.29, 1.82) is 0 Å². The van der Waals surface area contributed by atoms with Crippen LogP contribution in [0.5, 0.6) is 0 Å². The Bertz CT molecular complexity index is 411. The first-order valence-corrected chi connectivity index (χ1v) is 6.43. The fourth-order valence-corrected chi connectivity index (χ4v) is 2.53. The molecular formula is C12H15BrN2O2. The minimum absolute atomic E-state index is 0.252. The number of ether oxygens (including phenoxy) is 1. The fourth-order valence-electron chi connectivity index (χ4n) is 1.96. The lowest BCUT2D eigenvalue weighted by atomic mass is 10.1. The molecule has 0 amide bonds. The Kier molecular flexibility index (Phi) is 4.02. The predicted octanol–water partition coefficient (Wildman–Crippen LogP) is 1.60. The lowest BCUT2D eigenvalue weighted by Gasteiger charge is -2.33. The van der Waals surface area contributed by atoms with Crippen molar-refractivity contribution in [3.8, 4) is 0 Å². The molecule has 1 heterocycles. The third-order valence-corrected chi connectivity index (χ3v) is 3.39. The van der Waals surface area contributed by atoms with Crippen LogP contribution in [0.15, 0.2) is 24.3 Å². The number of methoxy groups -OCH3 is 1. The quantitative estimate of drug-likeness (QED) is 0.512. The van der Waals surface area contributed by atoms with Crippen molar-refractivity contribution in [1.82, 2.24) is 5.32 Å². The van der Waals surface area contributed by atoms with Crippen LogP contribution in [0.25, 0.3) is 0 Å². The van der Waals surface area contributed by atoms with Gasteiger partial charge in [-0.3, -0.25) is 0 Å². The van der Waals surface area contributed by atoms with E-state index in [0.717, 1.165) is 25.3 Å². The first-order valence-electron chi connectivity index (χ1n) is 5.52. The standard InChI is InChI=1S/C12H15BrN2O2/c1-17-12(16)9-4-2-3-5-10(9)15-7-6-14-11(13)8-15/h2-5,11,14H,6-8H2,1H3. The maximum Gasteiger partial charge on any atom is 0.339 e. The largest absolute Gasteiger partial charge is 0.465 e. The maximum absolute atomic E-state index is 11.7. The predicted molar refractivity (Wildman–Crippen MR) is 70.7 cm³/mol. The van der Waals surface area contributed by atoms with Crippen molar-refractivity contribution in [3.05, 3.63) is 29.8 Å². The second kappa shape index (κ2) is 5.51. The van der Waals surface area contributed by atoms with Gasteiger partial charge in [0.25, 0.3) is 0 Å². The van der Waals surface area contributed by atoms with Crippen molar-refractivity contribution < 1.29 is 9.53 Å². The van der Waals surface area contributed by atoms with Crippen LogP contribution in [-0.2, 0) is 4.74 Å². The number of nitrogens with one attached hydrogen (secondary N) is 1. The van der Waals surface area contributed by atoms with Gasteiger partial charge in [0.1, 0.15) is 0 Å². The summed E-state index contributed by atoms with van der Waals surface area (Å²) in [5, 5.41) is 3.30. The molecule has 1 aliphatic rings. The fraction of sp³-hybridized carbons (Fsp3) is 0.417. The van der Waals surface area contributed by atoms with E-state index in [0.29, 0.717) is 5.56 Å². The van der Waals surface area contributed by atoms with Gasteiger partial charge in [-0.25, -0.2) is 4.79 Å². The van der Waals surface area contributed by atoms with E-state index >= 15 is 0 Å². The van der Waals surface area contributed by atoms with E-state index in [9.17, 15) is 4.79 Å². The topological polar surface area (TPSA) is 41.6 Å². The number of nitrogens with zero attached hydrogens (tertiary/aromatic N) is 1. The van der Waals surface area contributed by atoms with Crippen LogP contribution in [0.4, 0.5) is 5.69 Å². The van der Waals surface area contributed by atoms with Crippen LogP contribution in [0.1, 0.15) is 10.4 Å². The molecule has 2 rings (SSSR count). The van der Waals surface area contributed by atoms with Crippen LogP contribution in [0.3, 0.4) is 0 Å². The Morgan fingerprint density at radius 2 is 2.29 bits per heavy atom. The van der Waals surface area contributed by atoms with Crippen LogP contribution >= 0.6 is 15.9 Å². The second-order valence-electron chi connectivity index (χ2n) is 3.88. The first kappa shape index (κ1) is 12.4. The van der Waals surface area contributed by atoms with Gasteiger partial charge in [-0.05, 0) is 12.1 Å². The molecule has 1 saturated heterocycles. The molecule has 0 radical (unpaired) electrons. The highest BCUT2D eigenvalue weighted by atomic mass is 79.9. The zero-order valence-corrected chi connectivity index (χ0v) is 11.2. The van der Waals surface area contributed by atoms with Gasteiger partial charge in [0.15, 0.2) is 0 Å². The molecule has 1 N–H and O–H groups in total. The zero-order valence-electron chi connectivity index (χ0n) is 9.65. The normalized spacial score (nSPS) is 20.1. The molecule has 0 saturated carbocycles. The molecule has 1 aromatic rings. The molecule has 5 heteroatoms. The monoisotopic (exact) mass is 298 g/mol. The minimum Gasteiger partial charge on any atom is -0.465 e. The number of carbonyl (C=O) groups excluding carboxylic acids is 1. The van der Waals surface area contributed by atoms with E-state index in [1.807, 2.05) is 18.2 Å². The minimum atomic E-state index is -0.287. The molecular weight excluding hydrogens is 284 g/mol. The Balaban J connectivity index is 2.27. The maximum atomic E-state index is 11.7. The van der Waals surface area contributed by atoms with Gasteiger partial charge in [-0.2, -0.15) is 0 Å². The molecule has 1 unspecified atom stereocenters. The molecule has 0 bridgehead atoms. The van der Waals surface area contributed by atoms with Crippen LogP contribution in [-0.4, -0.2) is 37.7 Å². The van der Waals surface area contributed by atoms with E-state index in [2.05, 4.69) is 26.1 Å². The number of rotatable bonds is 2. The molecule has 4 nitrogen and oxygen atoms in total. The average Bonchev–Trinajstić information content (AvgIpc) is 2.38. The Hall–Kier alpha value is -1.07. The van der Waals surface area contributed by atoms with Gasteiger partial charge in [-0.1, -0.05) is 28.1 Å². The van der Waals surface area contributed by atoms with Gasteiger partial charge in [0, 0.05) is 19.6 Å². The van der Waals surface area contributed by atoms with E-state index < -0.39 is 0 Å². The summed E-state index contributed by atoms with van der Waals surface area (Å²) in [6, 6.07) is 7.54. The Morgan fingerprint density at radius 3 is 3.00 bits per heavy atom. The zero-order chi connectivity index (χ0) is 12.3. The van der Waals surface area contributed by atoms with Crippen molar-refractivity contribution in [2.75, 3.05) is 31.6 Å². The van der Waals surface area contributed by atoms with Gasteiger partial charge in [0.2, 0.25) is 0 Å². The van der Waals surface area contributed by atoms with Crippen molar-refractivity contribution in [3.63, 3.8) is 0 Å². The number of alkyl halides is 1. The van der Waals surface area contributed by atoms with E-state index in [1.165, 1.54) is 7.11 Å². The Morgan fingerprint density at radius 1 is 1.53 bits per heavy atom. The molecule has 17 heavy (non-hydrogen) atoms. The molecule has 1 atom stereocenters. The van der Waals surface area contributed by atoms with Crippen molar-refractivity contribution >= 4 is 27.6 Å². The number of halogens is 1. The third kappa shape index (κ3) is 2.79. The van der Waals surface area contributed by atoms with Gasteiger partial charge in [0.05, 0.1) is 23.3 Å². The molecule has 1 fully saturated rings. The summed E-state index contributed by atoms with van der Waals surface area (Å²) in [4.78, 5) is 14.1. The van der Waals surface area contributed by atoms with Crippen molar-refractivity contribution in [2.45, 2.75) is 4.95 Å². The number of hydrogen-bond donors (Lipinski definition) is 1. The summed E-state index contributed by atoms with van der Waals surface area (Å²) in [6.07, 6.45) is 0. The number of esters is 1. The van der Waals surface area contributed by atoms with E-state index in [-0.39, 0.29) is 10.9 Å². The number of benzene rings is 1.